The first-order valence-electron chi connectivity index (χ1n) is 16.7. The highest BCUT2D eigenvalue weighted by Gasteiger charge is 2.43. The number of nitrogens with two attached hydrogens (primary N) is 1. The van der Waals surface area contributed by atoms with Crippen molar-refractivity contribution in [1.82, 2.24) is 30.7 Å². The van der Waals surface area contributed by atoms with E-state index in [2.05, 4.69) is 20.9 Å². The number of H-pyrrole nitrogens is 1. The molecule has 2 aliphatic rings. The molecule has 4 atom stereocenters. The van der Waals surface area contributed by atoms with Crippen LogP contribution in [-0.4, -0.2) is 99.8 Å². The Balaban J connectivity index is 1.35. The molecule has 3 aromatic carbocycles. The second-order valence-electron chi connectivity index (χ2n) is 12.8. The molecule has 0 bridgehead atoms. The zero-order valence-corrected chi connectivity index (χ0v) is 27.5. The minimum atomic E-state index is -1.13. The van der Waals surface area contributed by atoms with Gasteiger partial charge in [0.1, 0.15) is 18.1 Å². The third-order valence-corrected chi connectivity index (χ3v) is 9.22. The van der Waals surface area contributed by atoms with Crippen LogP contribution < -0.4 is 21.7 Å². The predicted molar refractivity (Wildman–Crippen MR) is 185 cm³/mol. The number of nitrogens with zero attached hydrogens (tertiary/aromatic N) is 2. The summed E-state index contributed by atoms with van der Waals surface area (Å²) < 4.78 is 0. The highest BCUT2D eigenvalue weighted by Crippen LogP contribution is 2.24. The molecule has 50 heavy (non-hydrogen) atoms. The van der Waals surface area contributed by atoms with Crippen LogP contribution in [0.1, 0.15) is 33.5 Å². The van der Waals surface area contributed by atoms with E-state index in [1.807, 2.05) is 54.6 Å². The van der Waals surface area contributed by atoms with E-state index < -0.39 is 60.3 Å². The SMILES string of the molecule is NCc1cccc(C(=O)N2CCNC(=O)[C@H](Cc3ccccc3)NC(=O)[C@@H]3C[C@@H](O)CN3C(=O)[C@@H](Cc3c[nH]c4ccccc34)NC(=O)C2)c1. The number of carbonyl (C=O) groups is 5. The number of aromatic amines is 1. The Morgan fingerprint density at radius 3 is 2.42 bits per heavy atom. The first kappa shape index (κ1) is 34.3. The zero-order chi connectivity index (χ0) is 35.2. The summed E-state index contributed by atoms with van der Waals surface area (Å²) in [6.45, 7) is -0.360. The minimum absolute atomic E-state index is 0.0123. The van der Waals surface area contributed by atoms with Crippen molar-refractivity contribution in [2.24, 2.45) is 5.73 Å². The van der Waals surface area contributed by atoms with Gasteiger partial charge in [-0.05, 0) is 34.9 Å². The van der Waals surface area contributed by atoms with Crippen LogP contribution in [0.4, 0.5) is 0 Å². The number of hydrogen-bond donors (Lipinski definition) is 6. The Labute approximate surface area is 289 Å². The van der Waals surface area contributed by atoms with Gasteiger partial charge in [0.05, 0.1) is 12.6 Å². The van der Waals surface area contributed by atoms with Crippen LogP contribution in [0.2, 0.25) is 0 Å². The smallest absolute Gasteiger partial charge is 0.254 e. The molecule has 13 heteroatoms. The molecule has 7 N–H and O–H groups in total. The maximum Gasteiger partial charge on any atom is 0.254 e. The average Bonchev–Trinajstić information content (AvgIpc) is 3.73. The van der Waals surface area contributed by atoms with Crippen LogP contribution in [-0.2, 0) is 38.6 Å². The molecule has 0 unspecified atom stereocenters. The first-order valence-corrected chi connectivity index (χ1v) is 16.7. The molecule has 4 aromatic rings. The van der Waals surface area contributed by atoms with E-state index in [1.165, 1.54) is 9.80 Å². The Kier molecular flexibility index (Phi) is 10.5. The molecule has 0 saturated carbocycles. The Bertz CT molecular complexity index is 1880. The third-order valence-electron chi connectivity index (χ3n) is 9.22. The van der Waals surface area contributed by atoms with E-state index in [-0.39, 0.29) is 45.4 Å². The van der Waals surface area contributed by atoms with Gasteiger partial charge < -0.3 is 41.6 Å². The number of aliphatic hydroxyl groups excluding tert-OH is 1. The van der Waals surface area contributed by atoms with Gasteiger partial charge in [0, 0.05) is 68.1 Å². The van der Waals surface area contributed by atoms with E-state index in [0.717, 1.165) is 27.6 Å². The molecule has 1 aromatic heterocycles. The number of rotatable bonds is 6. The van der Waals surface area contributed by atoms with E-state index in [4.69, 9.17) is 5.73 Å². The lowest BCUT2D eigenvalue weighted by Crippen LogP contribution is -2.57. The van der Waals surface area contributed by atoms with Gasteiger partial charge >= 0.3 is 0 Å². The molecule has 0 spiro atoms. The van der Waals surface area contributed by atoms with Gasteiger partial charge in [-0.25, -0.2) is 0 Å². The fourth-order valence-corrected chi connectivity index (χ4v) is 6.67. The Morgan fingerprint density at radius 2 is 1.62 bits per heavy atom. The number of hydrogen-bond acceptors (Lipinski definition) is 7. The summed E-state index contributed by atoms with van der Waals surface area (Å²) >= 11 is 0. The van der Waals surface area contributed by atoms with E-state index >= 15 is 0 Å². The van der Waals surface area contributed by atoms with E-state index in [0.29, 0.717) is 5.56 Å². The summed E-state index contributed by atoms with van der Waals surface area (Å²) in [5.74, 6) is -2.70. The van der Waals surface area contributed by atoms with Gasteiger partial charge in [-0.2, -0.15) is 0 Å². The fourth-order valence-electron chi connectivity index (χ4n) is 6.67. The lowest BCUT2D eigenvalue weighted by molar-refractivity contribution is -0.142. The van der Waals surface area contributed by atoms with Gasteiger partial charge in [-0.3, -0.25) is 24.0 Å². The number of fused-ring (bicyclic) bond motifs is 2. The van der Waals surface area contributed by atoms with Crippen LogP contribution in [0.15, 0.2) is 85.1 Å². The molecule has 13 nitrogen and oxygen atoms in total. The second kappa shape index (κ2) is 15.3. The van der Waals surface area contributed by atoms with Crippen molar-refractivity contribution < 1.29 is 29.1 Å². The summed E-state index contributed by atoms with van der Waals surface area (Å²) in [6.07, 6.45) is 0.999. The standard InChI is InChI=1S/C37H41N7O6/c38-19-24-9-6-10-25(15-24)36(49)43-14-13-39-34(47)30(16-23-7-2-1-3-8-23)42-35(48)32-18-27(45)21-44(32)37(50)31(41-33(46)22-43)17-26-20-40-29-12-5-4-11-28(26)29/h1-12,15,20,27,30-32,40,45H,13-14,16-19,21-22,38H2,(H,39,47)(H,41,46)(H,42,48)/t27-,30+,31-,32+/m1/s1. The number of amides is 5. The second-order valence-corrected chi connectivity index (χ2v) is 12.8. The topological polar surface area (TPSA) is 190 Å². The fraction of sp³-hybridized carbons (Fsp3) is 0.324. The molecule has 6 rings (SSSR count). The first-order chi connectivity index (χ1) is 24.2. The van der Waals surface area contributed by atoms with Gasteiger partial charge in [-0.15, -0.1) is 0 Å². The van der Waals surface area contributed by atoms with Gasteiger partial charge in [-0.1, -0.05) is 60.7 Å². The highest BCUT2D eigenvalue weighted by atomic mass is 16.3. The molecule has 5 amide bonds. The van der Waals surface area contributed by atoms with E-state index in [1.54, 1.807) is 30.5 Å². The number of carbonyl (C=O) groups excluding carboxylic acids is 5. The molecule has 260 valence electrons. The molecule has 0 radical (unpaired) electrons. The monoisotopic (exact) mass is 679 g/mol. The zero-order valence-electron chi connectivity index (χ0n) is 27.5. The van der Waals surface area contributed by atoms with Gasteiger partial charge in [0.2, 0.25) is 23.6 Å². The normalized spacial score (nSPS) is 22.3. The quantitative estimate of drug-likeness (QED) is 0.172. The lowest BCUT2D eigenvalue weighted by Gasteiger charge is -2.30. The van der Waals surface area contributed by atoms with Crippen molar-refractivity contribution >= 4 is 40.4 Å². The van der Waals surface area contributed by atoms with Gasteiger partial charge in [0.25, 0.3) is 5.91 Å². The number of aromatic nitrogens is 1. The summed E-state index contributed by atoms with van der Waals surface area (Å²) in [7, 11) is 0. The number of benzene rings is 3. The van der Waals surface area contributed by atoms with Crippen LogP contribution in [0.25, 0.3) is 10.9 Å². The molecule has 2 saturated heterocycles. The van der Waals surface area contributed by atoms with Gasteiger partial charge in [0.15, 0.2) is 0 Å². The maximum absolute atomic E-state index is 14.3. The summed E-state index contributed by atoms with van der Waals surface area (Å²) in [6, 6.07) is 20.3. The Hall–Kier alpha value is -5.53. The van der Waals surface area contributed by atoms with Crippen molar-refractivity contribution in [2.75, 3.05) is 26.2 Å². The maximum atomic E-state index is 14.3. The molecular weight excluding hydrogens is 638 g/mol. The highest BCUT2D eigenvalue weighted by molar-refractivity contribution is 5.99. The minimum Gasteiger partial charge on any atom is -0.391 e. The molecule has 2 aliphatic heterocycles. The van der Waals surface area contributed by atoms with Crippen molar-refractivity contribution in [1.29, 1.82) is 0 Å². The average molecular weight is 680 g/mol. The largest absolute Gasteiger partial charge is 0.391 e. The van der Waals surface area contributed by atoms with Crippen LogP contribution in [0.3, 0.4) is 0 Å². The summed E-state index contributed by atoms with van der Waals surface area (Å²) in [4.78, 5) is 75.1. The molecule has 2 fully saturated rings. The molecule has 3 heterocycles. The lowest BCUT2D eigenvalue weighted by atomic mass is 10.0. The number of aliphatic hydroxyl groups is 1. The molecular formula is C37H41N7O6. The van der Waals surface area contributed by atoms with Crippen molar-refractivity contribution in [2.45, 2.75) is 50.0 Å². The predicted octanol–water partition coefficient (Wildman–Crippen LogP) is 0.615. The molecule has 0 aliphatic carbocycles. The van der Waals surface area contributed by atoms with Crippen LogP contribution in [0.5, 0.6) is 0 Å². The summed E-state index contributed by atoms with van der Waals surface area (Å²) in [5, 5.41) is 20.0. The van der Waals surface area contributed by atoms with Crippen molar-refractivity contribution in [3.8, 4) is 0 Å². The Morgan fingerprint density at radius 1 is 0.860 bits per heavy atom. The third kappa shape index (κ3) is 7.85. The van der Waals surface area contributed by atoms with Crippen molar-refractivity contribution in [3.05, 3.63) is 107 Å². The summed E-state index contributed by atoms with van der Waals surface area (Å²) in [5.41, 5.74) is 9.29. The number of para-hydroxylation sites is 1. The number of nitrogens with one attached hydrogen (secondary N) is 4. The van der Waals surface area contributed by atoms with Crippen molar-refractivity contribution in [3.63, 3.8) is 0 Å². The van der Waals surface area contributed by atoms with Crippen LogP contribution >= 0.6 is 0 Å². The van der Waals surface area contributed by atoms with E-state index in [9.17, 15) is 29.1 Å². The van der Waals surface area contributed by atoms with Crippen LogP contribution in [0, 0.1) is 0 Å².